The molecule has 0 saturated carbocycles. The van der Waals surface area contributed by atoms with Crippen molar-refractivity contribution < 1.29 is 9.59 Å². The summed E-state index contributed by atoms with van der Waals surface area (Å²) in [6, 6.07) is 4.15. The lowest BCUT2D eigenvalue weighted by Crippen LogP contribution is -2.51. The summed E-state index contributed by atoms with van der Waals surface area (Å²) in [5.74, 6) is 0.682. The third kappa shape index (κ3) is 3.80. The molecule has 2 atom stereocenters. The summed E-state index contributed by atoms with van der Waals surface area (Å²) in [5.41, 5.74) is 2.14. The van der Waals surface area contributed by atoms with Crippen LogP contribution in [0, 0.1) is 5.92 Å². The van der Waals surface area contributed by atoms with E-state index in [2.05, 4.69) is 11.0 Å². The standard InChI is InChI=1S/C23H32N4O3/c28-21-5-4-10-25(21)16-22(29)26-12-17-11-19(15-26)20-7-6-18(23(30)27(20)13-17)14-24-8-2-1-3-9-24/h6-7,17,19H,1-5,8-16H2/t17-,19+/m0/s1. The fourth-order valence-electron chi connectivity index (χ4n) is 5.81. The zero-order valence-electron chi connectivity index (χ0n) is 17.7. The van der Waals surface area contributed by atoms with Crippen molar-refractivity contribution >= 4 is 11.8 Å². The van der Waals surface area contributed by atoms with Gasteiger partial charge in [0, 0.05) is 56.3 Å². The molecular formula is C23H32N4O3. The highest BCUT2D eigenvalue weighted by Crippen LogP contribution is 2.35. The first-order valence-electron chi connectivity index (χ1n) is 11.6. The highest BCUT2D eigenvalue weighted by molar-refractivity contribution is 5.86. The summed E-state index contributed by atoms with van der Waals surface area (Å²) in [5, 5.41) is 0. The predicted molar refractivity (Wildman–Crippen MR) is 113 cm³/mol. The van der Waals surface area contributed by atoms with E-state index >= 15 is 0 Å². The summed E-state index contributed by atoms with van der Waals surface area (Å²) < 4.78 is 1.99. The van der Waals surface area contributed by atoms with Gasteiger partial charge in [-0.1, -0.05) is 12.5 Å². The lowest BCUT2D eigenvalue weighted by Gasteiger charge is -2.43. The van der Waals surface area contributed by atoms with Gasteiger partial charge in [0.1, 0.15) is 0 Å². The predicted octanol–water partition coefficient (Wildman–Crippen LogP) is 1.40. The van der Waals surface area contributed by atoms with Gasteiger partial charge in [0.2, 0.25) is 11.8 Å². The Hall–Kier alpha value is -2.15. The van der Waals surface area contributed by atoms with Crippen LogP contribution < -0.4 is 5.56 Å². The maximum absolute atomic E-state index is 13.2. The lowest BCUT2D eigenvalue weighted by atomic mass is 9.83. The van der Waals surface area contributed by atoms with E-state index in [0.717, 1.165) is 43.7 Å². The van der Waals surface area contributed by atoms with Crippen LogP contribution in [0.1, 0.15) is 55.7 Å². The summed E-state index contributed by atoms with van der Waals surface area (Å²) in [4.78, 5) is 44.0. The number of amides is 2. The van der Waals surface area contributed by atoms with Gasteiger partial charge in [-0.05, 0) is 50.8 Å². The molecule has 0 aliphatic carbocycles. The van der Waals surface area contributed by atoms with Crippen LogP contribution in [0.25, 0.3) is 0 Å². The van der Waals surface area contributed by atoms with Crippen molar-refractivity contribution in [2.75, 3.05) is 39.3 Å². The SMILES string of the molecule is O=C1CCCN1CC(=O)N1C[C@@H]2C[C@H](C1)c1ccc(CN3CCCCC3)c(=O)n1C2. The maximum atomic E-state index is 13.2. The molecule has 0 N–H and O–H groups in total. The molecule has 5 rings (SSSR count). The Kier molecular flexibility index (Phi) is 5.39. The molecule has 2 bridgehead atoms. The number of carbonyl (C=O) groups excluding carboxylic acids is 2. The molecule has 30 heavy (non-hydrogen) atoms. The molecule has 1 aromatic heterocycles. The molecule has 7 heteroatoms. The topological polar surface area (TPSA) is 65.9 Å². The second kappa shape index (κ2) is 8.17. The van der Waals surface area contributed by atoms with Gasteiger partial charge in [-0.25, -0.2) is 0 Å². The number of pyridine rings is 1. The van der Waals surface area contributed by atoms with Crippen molar-refractivity contribution in [3.63, 3.8) is 0 Å². The minimum Gasteiger partial charge on any atom is -0.340 e. The highest BCUT2D eigenvalue weighted by Gasteiger charge is 2.37. The molecule has 3 saturated heterocycles. The fourth-order valence-corrected chi connectivity index (χ4v) is 5.81. The second-order valence-electron chi connectivity index (χ2n) is 9.55. The third-order valence-electron chi connectivity index (χ3n) is 7.38. The Morgan fingerprint density at radius 3 is 2.57 bits per heavy atom. The Morgan fingerprint density at radius 2 is 1.80 bits per heavy atom. The molecule has 1 aromatic rings. The number of hydrogen-bond acceptors (Lipinski definition) is 4. The summed E-state index contributed by atoms with van der Waals surface area (Å²) in [7, 11) is 0. The van der Waals surface area contributed by atoms with Crippen molar-refractivity contribution in [1.29, 1.82) is 0 Å². The number of likely N-dealkylation sites (tertiary alicyclic amines) is 3. The third-order valence-corrected chi connectivity index (χ3v) is 7.38. The number of rotatable bonds is 4. The molecule has 0 aromatic carbocycles. The van der Waals surface area contributed by atoms with Gasteiger partial charge in [0.15, 0.2) is 0 Å². The summed E-state index contributed by atoms with van der Waals surface area (Å²) in [6.45, 7) is 5.88. The zero-order chi connectivity index (χ0) is 20.7. The second-order valence-corrected chi connectivity index (χ2v) is 9.55. The Balaban J connectivity index is 1.30. The van der Waals surface area contributed by atoms with Crippen molar-refractivity contribution in [2.45, 2.75) is 57.5 Å². The number of aromatic nitrogens is 1. The minimum absolute atomic E-state index is 0.0532. The summed E-state index contributed by atoms with van der Waals surface area (Å²) in [6.07, 6.45) is 6.20. The minimum atomic E-state index is 0.0532. The van der Waals surface area contributed by atoms with Gasteiger partial charge >= 0.3 is 0 Å². The van der Waals surface area contributed by atoms with Gasteiger partial charge in [0.05, 0.1) is 6.54 Å². The number of hydrogen-bond donors (Lipinski definition) is 0. The monoisotopic (exact) mass is 412 g/mol. The van der Waals surface area contributed by atoms with Crippen molar-refractivity contribution in [2.24, 2.45) is 5.92 Å². The van der Waals surface area contributed by atoms with Crippen LogP contribution in [0.15, 0.2) is 16.9 Å². The Labute approximate surface area is 177 Å². The average Bonchev–Trinajstić information content (AvgIpc) is 3.15. The normalized spacial score (nSPS) is 26.7. The first-order valence-corrected chi connectivity index (χ1v) is 11.6. The van der Waals surface area contributed by atoms with Gasteiger partial charge in [-0.15, -0.1) is 0 Å². The van der Waals surface area contributed by atoms with Crippen molar-refractivity contribution in [1.82, 2.24) is 19.3 Å². The quantitative estimate of drug-likeness (QED) is 0.750. The van der Waals surface area contributed by atoms with E-state index in [9.17, 15) is 14.4 Å². The van der Waals surface area contributed by atoms with Gasteiger partial charge in [0.25, 0.3) is 5.56 Å². The molecule has 3 fully saturated rings. The molecule has 0 spiro atoms. The molecule has 2 amide bonds. The van der Waals surface area contributed by atoms with Crippen molar-refractivity contribution in [3.05, 3.63) is 33.7 Å². The zero-order valence-corrected chi connectivity index (χ0v) is 17.7. The van der Waals surface area contributed by atoms with Gasteiger partial charge in [-0.2, -0.15) is 0 Å². The molecule has 162 valence electrons. The molecule has 4 aliphatic heterocycles. The van der Waals surface area contributed by atoms with E-state index in [0.29, 0.717) is 38.5 Å². The average molecular weight is 413 g/mol. The van der Waals surface area contributed by atoms with E-state index in [1.807, 2.05) is 15.5 Å². The van der Waals surface area contributed by atoms with Crippen LogP contribution >= 0.6 is 0 Å². The van der Waals surface area contributed by atoms with Crippen LogP contribution in [-0.4, -0.2) is 70.3 Å². The Bertz CT molecular complexity index is 889. The van der Waals surface area contributed by atoms with E-state index in [1.54, 1.807) is 4.90 Å². The summed E-state index contributed by atoms with van der Waals surface area (Å²) >= 11 is 0. The van der Waals surface area contributed by atoms with E-state index in [1.165, 1.54) is 19.3 Å². The number of nitrogens with zero attached hydrogens (tertiary/aromatic N) is 4. The molecule has 7 nitrogen and oxygen atoms in total. The first-order chi connectivity index (χ1) is 14.6. The number of fused-ring (bicyclic) bond motifs is 4. The fraction of sp³-hybridized carbons (Fsp3) is 0.696. The molecular weight excluding hydrogens is 380 g/mol. The molecule has 0 unspecified atom stereocenters. The van der Waals surface area contributed by atoms with Crippen molar-refractivity contribution in [3.8, 4) is 0 Å². The number of carbonyl (C=O) groups is 2. The van der Waals surface area contributed by atoms with Crippen LogP contribution in [-0.2, 0) is 22.7 Å². The largest absolute Gasteiger partial charge is 0.340 e. The first kappa shape index (κ1) is 19.8. The van der Waals surface area contributed by atoms with Crippen LogP contribution in [0.5, 0.6) is 0 Å². The number of piperidine rings is 2. The molecule has 0 radical (unpaired) electrons. The van der Waals surface area contributed by atoms with Crippen LogP contribution in [0.4, 0.5) is 0 Å². The van der Waals surface area contributed by atoms with Crippen LogP contribution in [0.3, 0.4) is 0 Å². The van der Waals surface area contributed by atoms with E-state index in [4.69, 9.17) is 0 Å². The maximum Gasteiger partial charge on any atom is 0.255 e. The highest BCUT2D eigenvalue weighted by atomic mass is 16.2. The molecule has 4 aliphatic rings. The van der Waals surface area contributed by atoms with Gasteiger partial charge < -0.3 is 14.4 Å². The smallest absolute Gasteiger partial charge is 0.255 e. The van der Waals surface area contributed by atoms with E-state index in [-0.39, 0.29) is 29.8 Å². The lowest BCUT2D eigenvalue weighted by molar-refractivity contribution is -0.140. The van der Waals surface area contributed by atoms with E-state index < -0.39 is 0 Å². The molecule has 5 heterocycles. The van der Waals surface area contributed by atoms with Crippen LogP contribution in [0.2, 0.25) is 0 Å². The van der Waals surface area contributed by atoms with Gasteiger partial charge in [-0.3, -0.25) is 19.3 Å². The Morgan fingerprint density at radius 1 is 0.967 bits per heavy atom.